The van der Waals surface area contributed by atoms with E-state index in [4.69, 9.17) is 9.73 Å². The lowest BCUT2D eigenvalue weighted by Gasteiger charge is -2.15. The van der Waals surface area contributed by atoms with Crippen molar-refractivity contribution in [3.63, 3.8) is 0 Å². The summed E-state index contributed by atoms with van der Waals surface area (Å²) in [5, 5.41) is 12.2. The number of hydrogen-bond donors (Lipinski definition) is 2. The summed E-state index contributed by atoms with van der Waals surface area (Å²) >= 11 is 0. The number of carbonyl (C=O) groups excluding carboxylic acids is 1. The number of aromatic nitrogens is 2. The summed E-state index contributed by atoms with van der Waals surface area (Å²) in [7, 11) is 0. The third kappa shape index (κ3) is 4.44. The molecule has 8 heteroatoms. The molecule has 0 saturated carbocycles. The van der Waals surface area contributed by atoms with E-state index < -0.39 is 0 Å². The van der Waals surface area contributed by atoms with Gasteiger partial charge in [0.15, 0.2) is 0 Å². The summed E-state index contributed by atoms with van der Waals surface area (Å²) in [5.74, 6) is -0.0674. The molecule has 7 nitrogen and oxygen atoms in total. The van der Waals surface area contributed by atoms with Gasteiger partial charge >= 0.3 is 0 Å². The van der Waals surface area contributed by atoms with Gasteiger partial charge in [-0.3, -0.25) is 4.79 Å². The molecule has 1 aliphatic heterocycles. The van der Waals surface area contributed by atoms with Gasteiger partial charge in [-0.25, -0.2) is 14.4 Å². The number of fused-ring (bicyclic) bond motifs is 1. The fourth-order valence-corrected chi connectivity index (χ4v) is 3.85. The van der Waals surface area contributed by atoms with Crippen molar-refractivity contribution in [2.45, 2.75) is 6.42 Å². The number of aliphatic hydroxyl groups is 1. The van der Waals surface area contributed by atoms with Gasteiger partial charge in [0.2, 0.25) is 5.91 Å². The molecule has 0 saturated heterocycles. The highest BCUT2D eigenvalue weighted by Crippen LogP contribution is 2.40. The number of aliphatic imine (C=N–C) groups is 1. The fourth-order valence-electron chi connectivity index (χ4n) is 3.85. The minimum absolute atomic E-state index is 0.0862. The first-order valence-corrected chi connectivity index (χ1v) is 10.7. The van der Waals surface area contributed by atoms with Gasteiger partial charge in [0, 0.05) is 29.7 Å². The first kappa shape index (κ1) is 21.5. The summed E-state index contributed by atoms with van der Waals surface area (Å²) < 4.78 is 21.1. The molecule has 0 fully saturated rings. The minimum Gasteiger partial charge on any atom is -0.490 e. The molecule has 0 radical (unpaired) electrons. The molecule has 0 atom stereocenters. The van der Waals surface area contributed by atoms with Crippen LogP contribution in [0.3, 0.4) is 0 Å². The highest BCUT2D eigenvalue weighted by molar-refractivity contribution is 6.17. The Hall–Kier alpha value is -4.30. The van der Waals surface area contributed by atoms with Crippen LogP contribution >= 0.6 is 0 Å². The minimum atomic E-state index is -0.350. The number of anilines is 1. The van der Waals surface area contributed by atoms with E-state index >= 15 is 0 Å². The Morgan fingerprint density at radius 1 is 1.09 bits per heavy atom. The van der Waals surface area contributed by atoms with E-state index in [1.54, 1.807) is 36.8 Å². The lowest BCUT2D eigenvalue weighted by Crippen LogP contribution is -2.15. The monoisotopic (exact) mass is 456 g/mol. The number of nitrogens with zero attached hydrogens (tertiary/aromatic N) is 3. The number of rotatable bonds is 6. The SMILES string of the molecule is O=C1CC(c2cccc(-n3ccnc3)c2)=Nc2cc(OCCO)c(-c3ccc(F)cc3)cc2N1. The van der Waals surface area contributed by atoms with Crippen LogP contribution in [0.15, 0.2) is 84.4 Å². The van der Waals surface area contributed by atoms with Crippen LogP contribution in [0.5, 0.6) is 5.75 Å². The van der Waals surface area contributed by atoms with Gasteiger partial charge < -0.3 is 19.7 Å². The highest BCUT2D eigenvalue weighted by atomic mass is 19.1. The molecule has 34 heavy (non-hydrogen) atoms. The van der Waals surface area contributed by atoms with Crippen molar-refractivity contribution in [2.24, 2.45) is 4.99 Å². The Balaban J connectivity index is 1.60. The molecule has 0 unspecified atom stereocenters. The Bertz CT molecular complexity index is 1370. The maximum atomic E-state index is 13.5. The van der Waals surface area contributed by atoms with Gasteiger partial charge in [0.25, 0.3) is 0 Å². The van der Waals surface area contributed by atoms with Gasteiger partial charge in [0.1, 0.15) is 18.2 Å². The van der Waals surface area contributed by atoms with Crippen molar-refractivity contribution in [1.29, 1.82) is 0 Å². The number of amides is 1. The molecular weight excluding hydrogens is 435 g/mol. The second-order valence-electron chi connectivity index (χ2n) is 7.75. The van der Waals surface area contributed by atoms with Crippen molar-refractivity contribution in [1.82, 2.24) is 9.55 Å². The number of aliphatic hydroxyl groups excluding tert-OH is 1. The number of carbonyl (C=O) groups is 1. The average Bonchev–Trinajstić information content (AvgIpc) is 3.33. The molecule has 1 amide bonds. The van der Waals surface area contributed by atoms with Gasteiger partial charge in [-0.05, 0) is 41.5 Å². The van der Waals surface area contributed by atoms with E-state index in [9.17, 15) is 14.3 Å². The van der Waals surface area contributed by atoms with E-state index in [0.717, 1.165) is 11.3 Å². The quantitative estimate of drug-likeness (QED) is 0.447. The zero-order valence-electron chi connectivity index (χ0n) is 18.1. The molecule has 170 valence electrons. The summed E-state index contributed by atoms with van der Waals surface area (Å²) in [6, 6.07) is 17.2. The van der Waals surface area contributed by atoms with Gasteiger partial charge in [-0.15, -0.1) is 0 Å². The van der Waals surface area contributed by atoms with E-state index in [0.29, 0.717) is 34.0 Å². The fraction of sp³-hybridized carbons (Fsp3) is 0.115. The standard InChI is InChI=1S/C26H21FN4O3/c27-19-6-4-17(5-7-19)21-13-23-24(14-25(21)34-11-10-32)29-22(15-26(33)30-23)18-2-1-3-20(12-18)31-9-8-28-16-31/h1-9,12-14,16,32H,10-11,15H2,(H,30,33). The lowest BCUT2D eigenvalue weighted by molar-refractivity contribution is -0.115. The van der Waals surface area contributed by atoms with Crippen LogP contribution in [-0.2, 0) is 4.79 Å². The van der Waals surface area contributed by atoms with E-state index in [1.165, 1.54) is 12.1 Å². The van der Waals surface area contributed by atoms with Gasteiger partial charge in [-0.2, -0.15) is 0 Å². The molecule has 2 heterocycles. The van der Waals surface area contributed by atoms with E-state index in [1.807, 2.05) is 35.0 Å². The molecule has 5 rings (SSSR count). The summed E-state index contributed by atoms with van der Waals surface area (Å²) in [4.78, 5) is 21.7. The zero-order valence-corrected chi connectivity index (χ0v) is 18.1. The van der Waals surface area contributed by atoms with Crippen LogP contribution in [0.4, 0.5) is 15.8 Å². The number of hydrogen-bond acceptors (Lipinski definition) is 5. The lowest BCUT2D eigenvalue weighted by atomic mass is 10.0. The normalized spacial score (nSPS) is 13.0. The number of nitrogens with one attached hydrogen (secondary N) is 1. The number of imidazole rings is 1. The molecule has 0 aliphatic carbocycles. The second-order valence-corrected chi connectivity index (χ2v) is 7.75. The third-order valence-corrected chi connectivity index (χ3v) is 5.44. The number of halogens is 1. The van der Waals surface area contributed by atoms with Gasteiger partial charge in [0.05, 0.1) is 36.4 Å². The highest BCUT2D eigenvalue weighted by Gasteiger charge is 2.21. The second kappa shape index (κ2) is 9.29. The van der Waals surface area contributed by atoms with Crippen LogP contribution in [0.1, 0.15) is 12.0 Å². The number of ether oxygens (including phenoxy) is 1. The first-order valence-electron chi connectivity index (χ1n) is 10.7. The largest absolute Gasteiger partial charge is 0.490 e. The third-order valence-electron chi connectivity index (χ3n) is 5.44. The molecule has 4 aromatic rings. The molecule has 1 aromatic heterocycles. The summed E-state index contributed by atoms with van der Waals surface area (Å²) in [6.07, 6.45) is 5.35. The molecular formula is C26H21FN4O3. The maximum Gasteiger partial charge on any atom is 0.230 e. The van der Waals surface area contributed by atoms with Crippen molar-refractivity contribution in [2.75, 3.05) is 18.5 Å². The predicted octanol–water partition coefficient (Wildman–Crippen LogP) is 4.51. The van der Waals surface area contributed by atoms with Crippen LogP contribution < -0.4 is 10.1 Å². The average molecular weight is 456 g/mol. The Labute approximate surface area is 195 Å². The van der Waals surface area contributed by atoms with Crippen molar-refractivity contribution in [3.05, 3.63) is 90.8 Å². The molecule has 0 spiro atoms. The first-order chi connectivity index (χ1) is 16.6. The summed E-state index contributed by atoms with van der Waals surface area (Å²) in [6.45, 7) is -0.0743. The Morgan fingerprint density at radius 3 is 2.71 bits per heavy atom. The van der Waals surface area contributed by atoms with Crippen LogP contribution in [0.2, 0.25) is 0 Å². The van der Waals surface area contributed by atoms with Crippen molar-refractivity contribution in [3.8, 4) is 22.6 Å². The van der Waals surface area contributed by atoms with Gasteiger partial charge in [-0.1, -0.05) is 24.3 Å². The molecule has 1 aliphatic rings. The molecule has 0 bridgehead atoms. The van der Waals surface area contributed by atoms with Crippen LogP contribution in [0.25, 0.3) is 16.8 Å². The number of benzene rings is 3. The van der Waals surface area contributed by atoms with E-state index in [2.05, 4.69) is 10.3 Å². The molecule has 3 aromatic carbocycles. The maximum absolute atomic E-state index is 13.5. The Morgan fingerprint density at radius 2 is 1.94 bits per heavy atom. The summed E-state index contributed by atoms with van der Waals surface area (Å²) in [5.41, 5.74) is 4.77. The van der Waals surface area contributed by atoms with Crippen LogP contribution in [0, 0.1) is 5.82 Å². The predicted molar refractivity (Wildman–Crippen MR) is 127 cm³/mol. The van der Waals surface area contributed by atoms with Crippen molar-refractivity contribution >= 4 is 23.0 Å². The zero-order chi connectivity index (χ0) is 23.5. The topological polar surface area (TPSA) is 88.7 Å². The van der Waals surface area contributed by atoms with Crippen LogP contribution in [-0.4, -0.2) is 39.5 Å². The smallest absolute Gasteiger partial charge is 0.230 e. The van der Waals surface area contributed by atoms with Crippen molar-refractivity contribution < 1.29 is 19.0 Å². The Kier molecular flexibility index (Phi) is 5.88. The molecule has 2 N–H and O–H groups in total. The van der Waals surface area contributed by atoms with E-state index in [-0.39, 0.29) is 31.4 Å².